The first-order chi connectivity index (χ1) is 8.29. The van der Waals surface area contributed by atoms with E-state index in [0.717, 1.165) is 45.3 Å². The van der Waals surface area contributed by atoms with Gasteiger partial charge in [-0.05, 0) is 38.8 Å². The van der Waals surface area contributed by atoms with Crippen molar-refractivity contribution in [2.75, 3.05) is 45.9 Å². The number of piperidine rings is 1. The van der Waals surface area contributed by atoms with Gasteiger partial charge < -0.3 is 4.74 Å². The molecule has 0 spiro atoms. The molecule has 0 bridgehead atoms. The number of ether oxygens (including phenoxy) is 1. The van der Waals surface area contributed by atoms with Crippen molar-refractivity contribution in [3.8, 4) is 6.07 Å². The van der Waals surface area contributed by atoms with Gasteiger partial charge in [0, 0.05) is 19.6 Å². The Kier molecular flexibility index (Phi) is 4.78. The summed E-state index contributed by atoms with van der Waals surface area (Å²) in [5.41, 5.74) is 0. The molecule has 96 valence electrons. The third-order valence-electron chi connectivity index (χ3n) is 4.00. The minimum atomic E-state index is 0.0827. The molecular weight excluding hydrogens is 214 g/mol. The second-order valence-electron chi connectivity index (χ2n) is 5.20. The Morgan fingerprint density at radius 2 is 1.88 bits per heavy atom. The summed E-state index contributed by atoms with van der Waals surface area (Å²) < 4.78 is 5.37. The lowest BCUT2D eigenvalue weighted by molar-refractivity contribution is 0.0238. The first-order valence-corrected chi connectivity index (χ1v) is 6.73. The Bertz CT molecular complexity index is 262. The maximum atomic E-state index is 8.90. The van der Waals surface area contributed by atoms with Gasteiger partial charge in [0.25, 0.3) is 0 Å². The van der Waals surface area contributed by atoms with Crippen LogP contribution in [0.25, 0.3) is 0 Å². The van der Waals surface area contributed by atoms with E-state index in [9.17, 15) is 0 Å². The quantitative estimate of drug-likeness (QED) is 0.732. The monoisotopic (exact) mass is 237 g/mol. The third kappa shape index (κ3) is 3.67. The molecule has 2 rings (SSSR count). The summed E-state index contributed by atoms with van der Waals surface area (Å²) in [7, 11) is 0. The van der Waals surface area contributed by atoms with Gasteiger partial charge in [0.05, 0.1) is 25.3 Å². The molecular formula is C13H23N3O. The van der Waals surface area contributed by atoms with E-state index in [0.29, 0.717) is 0 Å². The highest BCUT2D eigenvalue weighted by Crippen LogP contribution is 2.20. The molecule has 4 nitrogen and oxygen atoms in total. The third-order valence-corrected chi connectivity index (χ3v) is 4.00. The fraction of sp³-hybridized carbons (Fsp3) is 0.923. The van der Waals surface area contributed by atoms with E-state index in [4.69, 9.17) is 10.00 Å². The first-order valence-electron chi connectivity index (χ1n) is 6.73. The second-order valence-corrected chi connectivity index (χ2v) is 5.20. The molecule has 0 unspecified atom stereocenters. The summed E-state index contributed by atoms with van der Waals surface area (Å²) in [5.74, 6) is 0.815. The zero-order valence-electron chi connectivity index (χ0n) is 10.8. The predicted molar refractivity (Wildman–Crippen MR) is 66.6 cm³/mol. The molecule has 1 atom stereocenters. The van der Waals surface area contributed by atoms with Crippen LogP contribution in [-0.4, -0.2) is 61.8 Å². The van der Waals surface area contributed by atoms with Gasteiger partial charge in [0.1, 0.15) is 0 Å². The van der Waals surface area contributed by atoms with E-state index >= 15 is 0 Å². The van der Waals surface area contributed by atoms with Crippen LogP contribution < -0.4 is 0 Å². The molecule has 2 heterocycles. The van der Waals surface area contributed by atoms with Gasteiger partial charge >= 0.3 is 0 Å². The minimum absolute atomic E-state index is 0.0827. The van der Waals surface area contributed by atoms with Crippen LogP contribution in [0.1, 0.15) is 19.8 Å². The lowest BCUT2D eigenvalue weighted by Gasteiger charge is -2.36. The summed E-state index contributed by atoms with van der Waals surface area (Å²) in [5, 5.41) is 8.90. The SMILES string of the molecule is C[C@H](C#N)N1CCC(CN2CCOCC2)CC1. The first kappa shape index (κ1) is 12.8. The summed E-state index contributed by atoms with van der Waals surface area (Å²) >= 11 is 0. The molecule has 2 saturated heterocycles. The molecule has 2 aliphatic rings. The number of likely N-dealkylation sites (tertiary alicyclic amines) is 1. The van der Waals surface area contributed by atoms with Crippen LogP contribution in [0, 0.1) is 17.2 Å². The van der Waals surface area contributed by atoms with E-state index in [-0.39, 0.29) is 6.04 Å². The van der Waals surface area contributed by atoms with E-state index < -0.39 is 0 Å². The van der Waals surface area contributed by atoms with Crippen molar-refractivity contribution in [1.82, 2.24) is 9.80 Å². The summed E-state index contributed by atoms with van der Waals surface area (Å²) in [6.45, 7) is 9.37. The highest BCUT2D eigenvalue weighted by atomic mass is 16.5. The highest BCUT2D eigenvalue weighted by molar-refractivity contribution is 4.90. The largest absolute Gasteiger partial charge is 0.379 e. The van der Waals surface area contributed by atoms with Crippen LogP contribution in [-0.2, 0) is 4.74 Å². The maximum absolute atomic E-state index is 8.90. The van der Waals surface area contributed by atoms with Gasteiger partial charge in [-0.1, -0.05) is 0 Å². The van der Waals surface area contributed by atoms with E-state index in [1.54, 1.807) is 0 Å². The maximum Gasteiger partial charge on any atom is 0.0949 e. The van der Waals surface area contributed by atoms with Gasteiger partial charge in [0.2, 0.25) is 0 Å². The standard InChI is InChI=1S/C13H23N3O/c1-12(10-14)16-4-2-13(3-5-16)11-15-6-8-17-9-7-15/h12-13H,2-9,11H2,1H3/t12-/m1/s1. The van der Waals surface area contributed by atoms with E-state index in [1.807, 2.05) is 6.92 Å². The minimum Gasteiger partial charge on any atom is -0.379 e. The number of nitriles is 1. The molecule has 0 radical (unpaired) electrons. The van der Waals surface area contributed by atoms with Crippen molar-refractivity contribution in [2.45, 2.75) is 25.8 Å². The summed E-state index contributed by atoms with van der Waals surface area (Å²) in [4.78, 5) is 4.83. The van der Waals surface area contributed by atoms with Crippen molar-refractivity contribution in [1.29, 1.82) is 5.26 Å². The average Bonchev–Trinajstić information content (AvgIpc) is 2.40. The molecule has 0 aromatic heterocycles. The smallest absolute Gasteiger partial charge is 0.0949 e. The average molecular weight is 237 g/mol. The molecule has 17 heavy (non-hydrogen) atoms. The lowest BCUT2D eigenvalue weighted by Crippen LogP contribution is -2.44. The Balaban J connectivity index is 1.70. The van der Waals surface area contributed by atoms with Crippen LogP contribution >= 0.6 is 0 Å². The lowest BCUT2D eigenvalue weighted by atomic mass is 9.95. The Morgan fingerprint density at radius 1 is 1.24 bits per heavy atom. The van der Waals surface area contributed by atoms with Gasteiger partial charge in [-0.2, -0.15) is 5.26 Å². The highest BCUT2D eigenvalue weighted by Gasteiger charge is 2.24. The second kappa shape index (κ2) is 6.34. The van der Waals surface area contributed by atoms with Crippen LogP contribution in [0.5, 0.6) is 0 Å². The van der Waals surface area contributed by atoms with Crippen molar-refractivity contribution in [2.24, 2.45) is 5.92 Å². The number of rotatable bonds is 3. The predicted octanol–water partition coefficient (Wildman–Crippen LogP) is 0.943. The number of hydrogen-bond donors (Lipinski definition) is 0. The van der Waals surface area contributed by atoms with Gasteiger partial charge in [-0.15, -0.1) is 0 Å². The molecule has 0 N–H and O–H groups in total. The molecule has 2 fully saturated rings. The van der Waals surface area contributed by atoms with Crippen LogP contribution in [0.3, 0.4) is 0 Å². The number of nitrogens with zero attached hydrogens (tertiary/aromatic N) is 3. The fourth-order valence-corrected chi connectivity index (χ4v) is 2.75. The normalized spacial score (nSPS) is 26.6. The van der Waals surface area contributed by atoms with Crippen molar-refractivity contribution >= 4 is 0 Å². The van der Waals surface area contributed by atoms with E-state index in [2.05, 4.69) is 15.9 Å². The van der Waals surface area contributed by atoms with Crippen molar-refractivity contribution in [3.63, 3.8) is 0 Å². The van der Waals surface area contributed by atoms with Gasteiger partial charge in [-0.25, -0.2) is 0 Å². The summed E-state index contributed by atoms with van der Waals surface area (Å²) in [6, 6.07) is 2.41. The molecule has 0 saturated carbocycles. The molecule has 0 amide bonds. The van der Waals surface area contributed by atoms with Crippen LogP contribution in [0.15, 0.2) is 0 Å². The Labute approximate surface area is 104 Å². The van der Waals surface area contributed by atoms with Crippen LogP contribution in [0.4, 0.5) is 0 Å². The molecule has 0 aromatic carbocycles. The summed E-state index contributed by atoms with van der Waals surface area (Å²) in [6.07, 6.45) is 2.48. The number of hydrogen-bond acceptors (Lipinski definition) is 4. The van der Waals surface area contributed by atoms with Gasteiger partial charge in [0.15, 0.2) is 0 Å². The van der Waals surface area contributed by atoms with Crippen molar-refractivity contribution in [3.05, 3.63) is 0 Å². The van der Waals surface area contributed by atoms with Crippen LogP contribution in [0.2, 0.25) is 0 Å². The molecule has 0 aliphatic carbocycles. The van der Waals surface area contributed by atoms with Crippen molar-refractivity contribution < 1.29 is 4.74 Å². The molecule has 2 aliphatic heterocycles. The zero-order chi connectivity index (χ0) is 12.1. The van der Waals surface area contributed by atoms with E-state index in [1.165, 1.54) is 19.4 Å². The topological polar surface area (TPSA) is 39.5 Å². The number of morpholine rings is 1. The molecule has 4 heteroatoms. The molecule has 0 aromatic rings. The zero-order valence-corrected chi connectivity index (χ0v) is 10.8. The Hall–Kier alpha value is -0.630. The fourth-order valence-electron chi connectivity index (χ4n) is 2.75. The van der Waals surface area contributed by atoms with Gasteiger partial charge in [-0.3, -0.25) is 9.80 Å². The Morgan fingerprint density at radius 3 is 2.47 bits per heavy atom.